The number of hydrogen-bond acceptors (Lipinski definition) is 4. The van der Waals surface area contributed by atoms with E-state index in [4.69, 9.17) is 9.47 Å². The molecule has 5 heteroatoms. The van der Waals surface area contributed by atoms with Gasteiger partial charge in [-0.05, 0) is 43.2 Å². The van der Waals surface area contributed by atoms with Crippen LogP contribution < -0.4 is 10.1 Å². The molecule has 0 heterocycles. The largest absolute Gasteiger partial charge is 0.496 e. The molecular weight excluding hydrogens is 306 g/mol. The fraction of sp³-hybridized carbons (Fsp3) is 0.263. The van der Waals surface area contributed by atoms with Crippen LogP contribution in [0.4, 0.5) is 5.69 Å². The molecule has 1 amide bonds. The minimum Gasteiger partial charge on any atom is -0.496 e. The maximum absolute atomic E-state index is 11.9. The van der Waals surface area contributed by atoms with Crippen LogP contribution >= 0.6 is 0 Å². The number of methoxy groups -OCH3 is 1. The van der Waals surface area contributed by atoms with Gasteiger partial charge in [-0.1, -0.05) is 24.3 Å². The number of ether oxygens (including phenoxy) is 2. The van der Waals surface area contributed by atoms with E-state index in [1.54, 1.807) is 19.2 Å². The highest BCUT2D eigenvalue weighted by Crippen LogP contribution is 2.18. The summed E-state index contributed by atoms with van der Waals surface area (Å²) in [4.78, 5) is 23.8. The van der Waals surface area contributed by atoms with Crippen LogP contribution in [-0.2, 0) is 20.7 Å². The van der Waals surface area contributed by atoms with Crippen molar-refractivity contribution in [2.75, 3.05) is 19.0 Å². The zero-order chi connectivity index (χ0) is 17.5. The van der Waals surface area contributed by atoms with Crippen LogP contribution in [0.15, 0.2) is 42.5 Å². The molecule has 0 spiro atoms. The Morgan fingerprint density at radius 2 is 1.71 bits per heavy atom. The van der Waals surface area contributed by atoms with E-state index in [2.05, 4.69) is 5.32 Å². The number of rotatable bonds is 6. The second-order valence-corrected chi connectivity index (χ2v) is 5.57. The third-order valence-corrected chi connectivity index (χ3v) is 3.40. The van der Waals surface area contributed by atoms with E-state index in [1.807, 2.05) is 44.2 Å². The lowest BCUT2D eigenvalue weighted by Crippen LogP contribution is -2.21. The first kappa shape index (κ1) is 17.5. The van der Waals surface area contributed by atoms with E-state index >= 15 is 0 Å². The minimum atomic E-state index is -0.477. The molecule has 126 valence electrons. The molecule has 0 radical (unpaired) electrons. The van der Waals surface area contributed by atoms with Gasteiger partial charge in [-0.25, -0.2) is 0 Å². The third kappa shape index (κ3) is 5.12. The molecule has 2 rings (SSSR count). The molecule has 0 aromatic heterocycles. The zero-order valence-electron chi connectivity index (χ0n) is 14.1. The van der Waals surface area contributed by atoms with Crippen molar-refractivity contribution in [1.29, 1.82) is 0 Å². The number of anilines is 1. The molecule has 0 aliphatic carbocycles. The molecule has 0 aliphatic heterocycles. The van der Waals surface area contributed by atoms with E-state index < -0.39 is 5.97 Å². The number of para-hydroxylation sites is 1. The summed E-state index contributed by atoms with van der Waals surface area (Å²) in [5.74, 6) is -0.224. The van der Waals surface area contributed by atoms with Crippen molar-refractivity contribution in [2.45, 2.75) is 20.3 Å². The SMILES string of the molecule is COc1ccccc1CC(=O)OCC(=O)Nc1cc(C)cc(C)c1. The summed E-state index contributed by atoms with van der Waals surface area (Å²) in [5.41, 5.74) is 3.52. The maximum Gasteiger partial charge on any atom is 0.310 e. The summed E-state index contributed by atoms with van der Waals surface area (Å²) in [6, 6.07) is 12.9. The fourth-order valence-corrected chi connectivity index (χ4v) is 2.45. The first-order valence-corrected chi connectivity index (χ1v) is 7.63. The van der Waals surface area contributed by atoms with Crippen molar-refractivity contribution in [3.8, 4) is 5.75 Å². The second-order valence-electron chi connectivity index (χ2n) is 5.57. The highest BCUT2D eigenvalue weighted by molar-refractivity contribution is 5.93. The van der Waals surface area contributed by atoms with Gasteiger partial charge in [0.1, 0.15) is 5.75 Å². The number of aryl methyl sites for hydroxylation is 2. The van der Waals surface area contributed by atoms with Gasteiger partial charge in [-0.3, -0.25) is 9.59 Å². The molecule has 0 bridgehead atoms. The summed E-state index contributed by atoms with van der Waals surface area (Å²) in [6.07, 6.45) is 0.0564. The molecule has 5 nitrogen and oxygen atoms in total. The van der Waals surface area contributed by atoms with Gasteiger partial charge in [-0.2, -0.15) is 0 Å². The van der Waals surface area contributed by atoms with Crippen LogP contribution in [-0.4, -0.2) is 25.6 Å². The number of hydrogen-bond donors (Lipinski definition) is 1. The summed E-state index contributed by atoms with van der Waals surface area (Å²) in [6.45, 7) is 3.59. The van der Waals surface area contributed by atoms with Crippen molar-refractivity contribution in [1.82, 2.24) is 0 Å². The lowest BCUT2D eigenvalue weighted by molar-refractivity contribution is -0.146. The second kappa shape index (κ2) is 8.15. The summed E-state index contributed by atoms with van der Waals surface area (Å²) in [5, 5.41) is 2.72. The Morgan fingerprint density at radius 3 is 2.38 bits per heavy atom. The number of esters is 1. The molecule has 0 atom stereocenters. The van der Waals surface area contributed by atoms with Gasteiger partial charge >= 0.3 is 5.97 Å². The molecule has 0 fully saturated rings. The van der Waals surface area contributed by atoms with E-state index in [1.165, 1.54) is 0 Å². The van der Waals surface area contributed by atoms with Crippen LogP contribution in [0.25, 0.3) is 0 Å². The lowest BCUT2D eigenvalue weighted by Gasteiger charge is -2.10. The van der Waals surface area contributed by atoms with Crippen molar-refractivity contribution < 1.29 is 19.1 Å². The summed E-state index contributed by atoms with van der Waals surface area (Å²) < 4.78 is 10.2. The highest BCUT2D eigenvalue weighted by Gasteiger charge is 2.12. The van der Waals surface area contributed by atoms with Crippen molar-refractivity contribution in [2.24, 2.45) is 0 Å². The van der Waals surface area contributed by atoms with Gasteiger partial charge < -0.3 is 14.8 Å². The quantitative estimate of drug-likeness (QED) is 0.828. The molecule has 0 aliphatic rings. The summed E-state index contributed by atoms with van der Waals surface area (Å²) >= 11 is 0. The molecule has 2 aromatic carbocycles. The van der Waals surface area contributed by atoms with Gasteiger partial charge in [0.15, 0.2) is 6.61 Å². The van der Waals surface area contributed by atoms with Crippen molar-refractivity contribution in [3.05, 3.63) is 59.2 Å². The van der Waals surface area contributed by atoms with E-state index in [9.17, 15) is 9.59 Å². The van der Waals surface area contributed by atoms with Crippen LogP contribution in [0, 0.1) is 13.8 Å². The average molecular weight is 327 g/mol. The van der Waals surface area contributed by atoms with Crippen LogP contribution in [0.5, 0.6) is 5.75 Å². The maximum atomic E-state index is 11.9. The third-order valence-electron chi connectivity index (χ3n) is 3.40. The van der Waals surface area contributed by atoms with Gasteiger partial charge in [0, 0.05) is 11.3 Å². The minimum absolute atomic E-state index is 0.0564. The van der Waals surface area contributed by atoms with Crippen molar-refractivity contribution >= 4 is 17.6 Å². The first-order valence-electron chi connectivity index (χ1n) is 7.63. The number of amides is 1. The Balaban J connectivity index is 1.86. The molecule has 1 N–H and O–H groups in total. The number of carbonyl (C=O) groups is 2. The fourth-order valence-electron chi connectivity index (χ4n) is 2.45. The van der Waals surface area contributed by atoms with Gasteiger partial charge in [0.05, 0.1) is 13.5 Å². The Kier molecular flexibility index (Phi) is 5.95. The Morgan fingerprint density at radius 1 is 1.04 bits per heavy atom. The Bertz CT molecular complexity index is 720. The Hall–Kier alpha value is -2.82. The predicted molar refractivity (Wildman–Crippen MR) is 92.2 cm³/mol. The van der Waals surface area contributed by atoms with Crippen LogP contribution in [0.1, 0.15) is 16.7 Å². The van der Waals surface area contributed by atoms with E-state index in [0.717, 1.165) is 16.7 Å². The molecule has 0 unspecified atom stereocenters. The molecule has 0 saturated carbocycles. The summed E-state index contributed by atoms with van der Waals surface area (Å²) in [7, 11) is 1.54. The molecule has 0 saturated heterocycles. The van der Waals surface area contributed by atoms with Gasteiger partial charge in [0.25, 0.3) is 5.91 Å². The number of carbonyl (C=O) groups excluding carboxylic acids is 2. The average Bonchev–Trinajstić information content (AvgIpc) is 2.52. The topological polar surface area (TPSA) is 64.6 Å². The molecule has 2 aromatic rings. The van der Waals surface area contributed by atoms with Gasteiger partial charge in [0.2, 0.25) is 0 Å². The Labute approximate surface area is 141 Å². The van der Waals surface area contributed by atoms with Crippen molar-refractivity contribution in [3.63, 3.8) is 0 Å². The standard InChI is InChI=1S/C19H21NO4/c1-13-8-14(2)10-16(9-13)20-18(21)12-24-19(22)11-15-6-4-5-7-17(15)23-3/h4-10H,11-12H2,1-3H3,(H,20,21). The zero-order valence-corrected chi connectivity index (χ0v) is 14.1. The highest BCUT2D eigenvalue weighted by atomic mass is 16.5. The first-order chi connectivity index (χ1) is 11.5. The van der Waals surface area contributed by atoms with E-state index in [-0.39, 0.29) is 18.9 Å². The van der Waals surface area contributed by atoms with Crippen LogP contribution in [0.2, 0.25) is 0 Å². The van der Waals surface area contributed by atoms with E-state index in [0.29, 0.717) is 11.4 Å². The molecular formula is C19H21NO4. The van der Waals surface area contributed by atoms with Gasteiger partial charge in [-0.15, -0.1) is 0 Å². The smallest absolute Gasteiger partial charge is 0.310 e. The number of benzene rings is 2. The predicted octanol–water partition coefficient (Wildman–Crippen LogP) is 3.04. The van der Waals surface area contributed by atoms with Crippen LogP contribution in [0.3, 0.4) is 0 Å². The number of nitrogens with one attached hydrogen (secondary N) is 1. The monoisotopic (exact) mass is 327 g/mol. The normalized spacial score (nSPS) is 10.1. The lowest BCUT2D eigenvalue weighted by atomic mass is 10.1. The molecule has 24 heavy (non-hydrogen) atoms.